The van der Waals surface area contributed by atoms with Crippen LogP contribution in [0.1, 0.15) is 12.0 Å². The number of nitrogens with zero attached hydrogens (tertiary/aromatic N) is 1. The summed E-state index contributed by atoms with van der Waals surface area (Å²) in [4.78, 5) is 11.6. The third-order valence-corrected chi connectivity index (χ3v) is 4.14. The van der Waals surface area contributed by atoms with Crippen LogP contribution in [0.25, 0.3) is 0 Å². The van der Waals surface area contributed by atoms with Crippen molar-refractivity contribution in [3.63, 3.8) is 0 Å². The maximum atomic E-state index is 11.8. The van der Waals surface area contributed by atoms with Gasteiger partial charge >= 0.3 is 0 Å². The van der Waals surface area contributed by atoms with E-state index in [-0.39, 0.29) is 25.4 Å². The van der Waals surface area contributed by atoms with Crippen molar-refractivity contribution in [2.24, 2.45) is 0 Å². The van der Waals surface area contributed by atoms with Crippen molar-refractivity contribution in [2.75, 3.05) is 33.1 Å². The van der Waals surface area contributed by atoms with E-state index in [0.29, 0.717) is 13.2 Å². The molecule has 0 aliphatic rings. The third-order valence-electron chi connectivity index (χ3n) is 2.89. The van der Waals surface area contributed by atoms with Gasteiger partial charge in [-0.2, -0.15) is 4.31 Å². The number of methoxy groups -OCH3 is 1. The molecule has 0 atom stereocenters. The van der Waals surface area contributed by atoms with E-state index in [4.69, 9.17) is 4.74 Å². The molecule has 0 aromatic heterocycles. The second-order valence-electron chi connectivity index (χ2n) is 4.67. The number of nitrogens with one attached hydrogen (secondary N) is 1. The zero-order valence-electron chi connectivity index (χ0n) is 12.4. The van der Waals surface area contributed by atoms with E-state index in [0.717, 1.165) is 11.8 Å². The maximum Gasteiger partial charge on any atom is 0.221 e. The summed E-state index contributed by atoms with van der Waals surface area (Å²) in [6.45, 7) is 1.29. The van der Waals surface area contributed by atoms with Crippen LogP contribution in [0, 0.1) is 0 Å². The molecule has 0 heterocycles. The van der Waals surface area contributed by atoms with Crippen molar-refractivity contribution in [2.45, 2.75) is 13.0 Å². The molecule has 0 saturated carbocycles. The summed E-state index contributed by atoms with van der Waals surface area (Å²) in [5.41, 5.74) is 0.891. The lowest BCUT2D eigenvalue weighted by atomic mass is 10.2. The minimum Gasteiger partial charge on any atom is -0.383 e. The summed E-state index contributed by atoms with van der Waals surface area (Å²) in [6.07, 6.45) is 1.28. The summed E-state index contributed by atoms with van der Waals surface area (Å²) >= 11 is 0. The highest BCUT2D eigenvalue weighted by Gasteiger charge is 2.18. The highest BCUT2D eigenvalue weighted by molar-refractivity contribution is 7.88. The highest BCUT2D eigenvalue weighted by atomic mass is 32.2. The minimum atomic E-state index is -3.36. The Morgan fingerprint density at radius 3 is 2.52 bits per heavy atom. The highest BCUT2D eigenvalue weighted by Crippen LogP contribution is 2.08. The molecule has 0 saturated heterocycles. The lowest BCUT2D eigenvalue weighted by Crippen LogP contribution is -2.35. The van der Waals surface area contributed by atoms with Gasteiger partial charge in [0.25, 0.3) is 0 Å². The molecular weight excluding hydrogens is 292 g/mol. The van der Waals surface area contributed by atoms with Crippen molar-refractivity contribution in [1.82, 2.24) is 9.62 Å². The Balaban J connectivity index is 2.54. The van der Waals surface area contributed by atoms with Crippen LogP contribution in [0.3, 0.4) is 0 Å². The van der Waals surface area contributed by atoms with Crippen molar-refractivity contribution in [3.8, 4) is 0 Å². The third kappa shape index (κ3) is 7.22. The molecule has 1 N–H and O–H groups in total. The van der Waals surface area contributed by atoms with Gasteiger partial charge in [-0.25, -0.2) is 8.42 Å². The molecule has 0 radical (unpaired) electrons. The molecule has 0 spiro atoms. The standard InChI is InChI=1S/C14H22N2O4S/c1-20-11-9-15-14(17)8-10-16(21(2,18)19)12-13-6-4-3-5-7-13/h3-7H,8-12H2,1-2H3,(H,15,17). The van der Waals surface area contributed by atoms with Crippen LogP contribution in [0.4, 0.5) is 0 Å². The topological polar surface area (TPSA) is 75.7 Å². The number of sulfonamides is 1. The smallest absolute Gasteiger partial charge is 0.221 e. The van der Waals surface area contributed by atoms with Gasteiger partial charge in [0.2, 0.25) is 15.9 Å². The van der Waals surface area contributed by atoms with Gasteiger partial charge in [0.15, 0.2) is 0 Å². The molecule has 1 amide bonds. The molecule has 7 heteroatoms. The summed E-state index contributed by atoms with van der Waals surface area (Å²) in [5.74, 6) is -0.186. The predicted molar refractivity (Wildman–Crippen MR) is 81.2 cm³/mol. The Bertz CT molecular complexity index is 531. The van der Waals surface area contributed by atoms with Crippen molar-refractivity contribution in [3.05, 3.63) is 35.9 Å². The molecule has 21 heavy (non-hydrogen) atoms. The average molecular weight is 314 g/mol. The van der Waals surface area contributed by atoms with Gasteiger partial charge in [-0.3, -0.25) is 4.79 Å². The minimum absolute atomic E-state index is 0.129. The van der Waals surface area contributed by atoms with Crippen LogP contribution in [-0.4, -0.2) is 51.7 Å². The van der Waals surface area contributed by atoms with Gasteiger partial charge in [-0.1, -0.05) is 30.3 Å². The van der Waals surface area contributed by atoms with Crippen LogP contribution < -0.4 is 5.32 Å². The van der Waals surface area contributed by atoms with E-state index < -0.39 is 10.0 Å². The Labute approximate surface area is 126 Å². The summed E-state index contributed by atoms with van der Waals surface area (Å²) in [6, 6.07) is 9.30. The predicted octanol–water partition coefficient (Wildman–Crippen LogP) is 0.601. The fraction of sp³-hybridized carbons (Fsp3) is 0.500. The van der Waals surface area contributed by atoms with Crippen LogP contribution >= 0.6 is 0 Å². The van der Waals surface area contributed by atoms with Crippen molar-refractivity contribution in [1.29, 1.82) is 0 Å². The Morgan fingerprint density at radius 1 is 1.29 bits per heavy atom. The Hall–Kier alpha value is -1.44. The van der Waals surface area contributed by atoms with Gasteiger partial charge in [-0.15, -0.1) is 0 Å². The first-order chi connectivity index (χ1) is 9.93. The number of carbonyl (C=O) groups excluding carboxylic acids is 1. The van der Waals surface area contributed by atoms with Crippen molar-refractivity contribution >= 4 is 15.9 Å². The molecule has 1 rings (SSSR count). The molecule has 1 aromatic rings. The van der Waals surface area contributed by atoms with Gasteiger partial charge in [0.05, 0.1) is 12.9 Å². The summed E-state index contributed by atoms with van der Waals surface area (Å²) in [7, 11) is -1.80. The van der Waals surface area contributed by atoms with Crippen LogP contribution in [0.5, 0.6) is 0 Å². The van der Waals surface area contributed by atoms with E-state index >= 15 is 0 Å². The summed E-state index contributed by atoms with van der Waals surface area (Å²) in [5, 5.41) is 2.67. The molecule has 0 fully saturated rings. The zero-order chi connectivity index (χ0) is 15.7. The fourth-order valence-electron chi connectivity index (χ4n) is 1.76. The normalized spacial score (nSPS) is 11.6. The van der Waals surface area contributed by atoms with Gasteiger partial charge < -0.3 is 10.1 Å². The lowest BCUT2D eigenvalue weighted by molar-refractivity contribution is -0.121. The molecular formula is C14H22N2O4S. The fourth-order valence-corrected chi connectivity index (χ4v) is 2.56. The number of hydrogen-bond acceptors (Lipinski definition) is 4. The van der Waals surface area contributed by atoms with E-state index in [1.54, 1.807) is 7.11 Å². The number of carbonyl (C=O) groups is 1. The molecule has 0 bridgehead atoms. The average Bonchev–Trinajstić information content (AvgIpc) is 2.43. The second kappa shape index (κ2) is 8.76. The van der Waals surface area contributed by atoms with E-state index in [2.05, 4.69) is 5.32 Å². The molecule has 6 nitrogen and oxygen atoms in total. The SMILES string of the molecule is COCCNC(=O)CCN(Cc1ccccc1)S(C)(=O)=O. The quantitative estimate of drug-likeness (QED) is 0.677. The zero-order valence-corrected chi connectivity index (χ0v) is 13.2. The summed E-state index contributed by atoms with van der Waals surface area (Å²) < 4.78 is 29.7. The number of benzene rings is 1. The molecule has 0 aliphatic carbocycles. The van der Waals surface area contributed by atoms with Crippen LogP contribution in [0.2, 0.25) is 0 Å². The van der Waals surface area contributed by atoms with Gasteiger partial charge in [0.1, 0.15) is 0 Å². The monoisotopic (exact) mass is 314 g/mol. The van der Waals surface area contributed by atoms with E-state index in [9.17, 15) is 13.2 Å². The Morgan fingerprint density at radius 2 is 1.95 bits per heavy atom. The van der Waals surface area contributed by atoms with Gasteiger partial charge in [-0.05, 0) is 5.56 Å². The number of hydrogen-bond donors (Lipinski definition) is 1. The maximum absolute atomic E-state index is 11.8. The van der Waals surface area contributed by atoms with E-state index in [1.165, 1.54) is 4.31 Å². The number of amides is 1. The largest absolute Gasteiger partial charge is 0.383 e. The number of ether oxygens (including phenoxy) is 1. The molecule has 118 valence electrons. The van der Waals surface area contributed by atoms with E-state index in [1.807, 2.05) is 30.3 Å². The first-order valence-electron chi connectivity index (χ1n) is 6.68. The Kier molecular flexibility index (Phi) is 7.35. The molecule has 0 aliphatic heterocycles. The second-order valence-corrected chi connectivity index (χ2v) is 6.66. The first kappa shape index (κ1) is 17.6. The first-order valence-corrected chi connectivity index (χ1v) is 8.53. The van der Waals surface area contributed by atoms with Crippen LogP contribution in [0.15, 0.2) is 30.3 Å². The lowest BCUT2D eigenvalue weighted by Gasteiger charge is -2.19. The van der Waals surface area contributed by atoms with Crippen LogP contribution in [-0.2, 0) is 26.1 Å². The molecule has 1 aromatic carbocycles. The number of rotatable bonds is 9. The van der Waals surface area contributed by atoms with Crippen molar-refractivity contribution < 1.29 is 17.9 Å². The van der Waals surface area contributed by atoms with Gasteiger partial charge in [0, 0.05) is 33.2 Å². The molecule has 0 unspecified atom stereocenters.